The molecule has 0 aromatic heterocycles. The van der Waals surface area contributed by atoms with Gasteiger partial charge in [0.1, 0.15) is 0 Å². The van der Waals surface area contributed by atoms with Gasteiger partial charge in [0.15, 0.2) is 27.4 Å². The summed E-state index contributed by atoms with van der Waals surface area (Å²) in [6.07, 6.45) is -0.759. The van der Waals surface area contributed by atoms with E-state index in [0.29, 0.717) is 0 Å². The number of benzene rings is 1. The average Bonchev–Trinajstić information content (AvgIpc) is 2.44. The molecule has 1 aromatic carbocycles. The predicted octanol–water partition coefficient (Wildman–Crippen LogP) is 0.704. The third-order valence-corrected chi connectivity index (χ3v) is 3.87. The van der Waals surface area contributed by atoms with Crippen molar-refractivity contribution in [3.63, 3.8) is 0 Å². The number of rotatable bonds is 6. The van der Waals surface area contributed by atoms with Crippen LogP contribution in [0.2, 0.25) is 0 Å². The summed E-state index contributed by atoms with van der Waals surface area (Å²) in [4.78, 5) is 11.4. The fourth-order valence-electron chi connectivity index (χ4n) is 1.76. The van der Waals surface area contributed by atoms with Gasteiger partial charge in [0.05, 0.1) is 25.7 Å². The Morgan fingerprint density at radius 2 is 1.76 bits per heavy atom. The van der Waals surface area contributed by atoms with Gasteiger partial charge < -0.3 is 19.3 Å². The highest BCUT2D eigenvalue weighted by Crippen LogP contribution is 2.35. The lowest BCUT2D eigenvalue weighted by atomic mass is 10.1. The Bertz CT molecular complexity index is 622. The highest BCUT2D eigenvalue weighted by atomic mass is 32.2. The summed E-state index contributed by atoms with van der Waals surface area (Å²) in [7, 11) is -0.976. The van der Waals surface area contributed by atoms with Crippen LogP contribution in [-0.2, 0) is 19.4 Å². The first kappa shape index (κ1) is 17.3. The maximum absolute atomic E-state index is 11.8. The Morgan fingerprint density at radius 3 is 2.19 bits per heavy atom. The van der Waals surface area contributed by atoms with Crippen molar-refractivity contribution in [2.24, 2.45) is 0 Å². The first-order valence-electron chi connectivity index (χ1n) is 6.06. The molecule has 21 heavy (non-hydrogen) atoms. The zero-order chi connectivity index (χ0) is 16.2. The number of aliphatic hydroxyl groups is 1. The minimum atomic E-state index is -3.69. The second-order valence-electron chi connectivity index (χ2n) is 4.17. The van der Waals surface area contributed by atoms with Crippen LogP contribution in [0.25, 0.3) is 0 Å². The Balaban J connectivity index is 3.51. The Morgan fingerprint density at radius 1 is 1.24 bits per heavy atom. The minimum absolute atomic E-state index is 0.0669. The lowest BCUT2D eigenvalue weighted by Crippen LogP contribution is -2.18. The lowest BCUT2D eigenvalue weighted by molar-refractivity contribution is -0.153. The quantitative estimate of drug-likeness (QED) is 0.771. The van der Waals surface area contributed by atoms with Crippen LogP contribution in [0.15, 0.2) is 17.0 Å². The molecule has 0 aliphatic carbocycles. The van der Waals surface area contributed by atoms with E-state index in [9.17, 15) is 18.3 Å². The molecule has 0 spiro atoms. The number of carbonyl (C=O) groups is 1. The van der Waals surface area contributed by atoms with Crippen molar-refractivity contribution in [1.29, 1.82) is 0 Å². The maximum atomic E-state index is 11.8. The van der Waals surface area contributed by atoms with Crippen LogP contribution in [0, 0.1) is 0 Å². The molecule has 0 aliphatic heterocycles. The number of ether oxygens (including phenoxy) is 3. The van der Waals surface area contributed by atoms with E-state index in [1.807, 2.05) is 0 Å². The second-order valence-corrected chi connectivity index (χ2v) is 6.16. The fraction of sp³-hybridized carbons (Fsp3) is 0.462. The predicted molar refractivity (Wildman–Crippen MR) is 74.2 cm³/mol. The van der Waals surface area contributed by atoms with Crippen molar-refractivity contribution in [2.45, 2.75) is 17.9 Å². The van der Waals surface area contributed by atoms with E-state index in [1.54, 1.807) is 6.92 Å². The summed E-state index contributed by atoms with van der Waals surface area (Å²) in [5, 5.41) is 10.0. The van der Waals surface area contributed by atoms with E-state index in [4.69, 9.17) is 14.2 Å². The first-order chi connectivity index (χ1) is 9.76. The van der Waals surface area contributed by atoms with Crippen LogP contribution in [-0.4, -0.2) is 46.6 Å². The highest BCUT2D eigenvalue weighted by Gasteiger charge is 2.28. The average molecular weight is 318 g/mol. The molecule has 0 bridgehead atoms. The molecule has 1 atom stereocenters. The summed E-state index contributed by atoms with van der Waals surface area (Å²) >= 11 is 0. The van der Waals surface area contributed by atoms with Crippen molar-refractivity contribution < 1.29 is 32.5 Å². The van der Waals surface area contributed by atoms with Gasteiger partial charge in [-0.05, 0) is 13.0 Å². The number of methoxy groups -OCH3 is 2. The largest absolute Gasteiger partial charge is 0.493 e. The molecule has 0 heterocycles. The SMILES string of the molecule is CCOC(=O)C(O)c1cc(OC)c(OC)cc1S(C)(=O)=O. The van der Waals surface area contributed by atoms with Crippen LogP contribution in [0.4, 0.5) is 0 Å². The molecule has 1 N–H and O–H groups in total. The van der Waals surface area contributed by atoms with Gasteiger partial charge in [-0.2, -0.15) is 0 Å². The Hall–Kier alpha value is -1.80. The molecule has 118 valence electrons. The highest BCUT2D eigenvalue weighted by molar-refractivity contribution is 7.90. The Kier molecular flexibility index (Phi) is 5.56. The number of aliphatic hydroxyl groups excluding tert-OH is 1. The third kappa shape index (κ3) is 3.85. The van der Waals surface area contributed by atoms with Crippen molar-refractivity contribution in [2.75, 3.05) is 27.1 Å². The second kappa shape index (κ2) is 6.77. The number of sulfone groups is 1. The maximum Gasteiger partial charge on any atom is 0.339 e. The van der Waals surface area contributed by atoms with Crippen LogP contribution in [0.1, 0.15) is 18.6 Å². The van der Waals surface area contributed by atoms with Crippen molar-refractivity contribution >= 4 is 15.8 Å². The van der Waals surface area contributed by atoms with Crippen molar-refractivity contribution in [3.8, 4) is 11.5 Å². The fourth-order valence-corrected chi connectivity index (χ4v) is 2.68. The molecule has 0 saturated heterocycles. The van der Waals surface area contributed by atoms with E-state index in [1.165, 1.54) is 26.4 Å². The summed E-state index contributed by atoms with van der Waals surface area (Å²) < 4.78 is 38.5. The molecule has 0 radical (unpaired) electrons. The molecular formula is C13H18O7S. The smallest absolute Gasteiger partial charge is 0.339 e. The van der Waals surface area contributed by atoms with Crippen LogP contribution < -0.4 is 9.47 Å². The molecule has 0 fully saturated rings. The zero-order valence-corrected chi connectivity index (χ0v) is 13.1. The third-order valence-electron chi connectivity index (χ3n) is 2.72. The van der Waals surface area contributed by atoms with Gasteiger partial charge in [0.2, 0.25) is 0 Å². The topological polar surface area (TPSA) is 99.1 Å². The van der Waals surface area contributed by atoms with Crippen molar-refractivity contribution in [3.05, 3.63) is 17.7 Å². The van der Waals surface area contributed by atoms with E-state index >= 15 is 0 Å². The zero-order valence-electron chi connectivity index (χ0n) is 12.2. The summed E-state index contributed by atoms with van der Waals surface area (Å²) in [5.74, 6) is -0.560. The first-order valence-corrected chi connectivity index (χ1v) is 7.96. The monoisotopic (exact) mass is 318 g/mol. The molecule has 0 amide bonds. The van der Waals surface area contributed by atoms with Crippen molar-refractivity contribution in [1.82, 2.24) is 0 Å². The van der Waals surface area contributed by atoms with Gasteiger partial charge in [-0.25, -0.2) is 13.2 Å². The van der Waals surface area contributed by atoms with Gasteiger partial charge in [0, 0.05) is 17.9 Å². The molecule has 1 aromatic rings. The van der Waals surface area contributed by atoms with Crippen LogP contribution in [0.5, 0.6) is 11.5 Å². The van der Waals surface area contributed by atoms with Gasteiger partial charge in [-0.1, -0.05) is 0 Å². The van der Waals surface area contributed by atoms with Crippen LogP contribution in [0.3, 0.4) is 0 Å². The van der Waals surface area contributed by atoms with Gasteiger partial charge in [-0.15, -0.1) is 0 Å². The Labute approximate surface area is 123 Å². The van der Waals surface area contributed by atoms with Crippen LogP contribution >= 0.6 is 0 Å². The molecule has 1 rings (SSSR count). The molecule has 8 heteroatoms. The molecule has 0 aliphatic rings. The lowest BCUT2D eigenvalue weighted by Gasteiger charge is -2.17. The minimum Gasteiger partial charge on any atom is -0.493 e. The summed E-state index contributed by atoms with van der Waals surface area (Å²) in [6.45, 7) is 1.65. The van der Waals surface area contributed by atoms with Gasteiger partial charge in [-0.3, -0.25) is 0 Å². The van der Waals surface area contributed by atoms with Gasteiger partial charge >= 0.3 is 5.97 Å². The molecular weight excluding hydrogens is 300 g/mol. The molecule has 0 saturated carbocycles. The molecule has 1 unspecified atom stereocenters. The number of esters is 1. The number of hydrogen-bond acceptors (Lipinski definition) is 7. The van der Waals surface area contributed by atoms with E-state index < -0.39 is 21.9 Å². The standard InChI is InChI=1S/C13H18O7S/c1-5-20-13(15)12(14)8-6-9(18-2)10(19-3)7-11(8)21(4,16)17/h6-7,12,14H,5H2,1-4H3. The van der Waals surface area contributed by atoms with E-state index in [0.717, 1.165) is 6.26 Å². The normalized spacial score (nSPS) is 12.6. The molecule has 7 nitrogen and oxygen atoms in total. The van der Waals surface area contributed by atoms with Gasteiger partial charge in [0.25, 0.3) is 0 Å². The van der Waals surface area contributed by atoms with E-state index in [-0.39, 0.29) is 28.6 Å². The number of hydrogen-bond donors (Lipinski definition) is 1. The summed E-state index contributed by atoms with van der Waals surface area (Å²) in [5.41, 5.74) is -0.117. The summed E-state index contributed by atoms with van der Waals surface area (Å²) in [6, 6.07) is 2.45. The number of carbonyl (C=O) groups excluding carboxylic acids is 1. The van der Waals surface area contributed by atoms with E-state index in [2.05, 4.69) is 0 Å².